The van der Waals surface area contributed by atoms with Crippen molar-refractivity contribution < 1.29 is 17.9 Å². The molecule has 0 atom stereocenters. The normalized spacial score (nSPS) is 14.6. The number of H-pyrrole nitrogens is 1. The van der Waals surface area contributed by atoms with E-state index in [4.69, 9.17) is 4.74 Å². The van der Waals surface area contributed by atoms with Crippen LogP contribution in [0.4, 0.5) is 13.2 Å². The molecule has 0 amide bonds. The average molecular weight is 422 g/mol. The molecule has 0 aliphatic carbocycles. The molecule has 6 nitrogen and oxygen atoms in total. The van der Waals surface area contributed by atoms with Gasteiger partial charge in [0, 0.05) is 42.7 Å². The van der Waals surface area contributed by atoms with Gasteiger partial charge in [-0.3, -0.25) is 9.69 Å². The fourth-order valence-corrected chi connectivity index (χ4v) is 4.19. The van der Waals surface area contributed by atoms with Crippen molar-refractivity contribution in [2.45, 2.75) is 25.7 Å². The molecule has 10 heteroatoms. The number of hydrogen-bond donors (Lipinski definition) is 1. The summed E-state index contributed by atoms with van der Waals surface area (Å²) in [6, 6.07) is 7.61. The summed E-state index contributed by atoms with van der Waals surface area (Å²) in [5, 5.41) is 0.852. The number of halogens is 3. The fraction of sp³-hybridized carbons (Fsp3) is 0.316. The summed E-state index contributed by atoms with van der Waals surface area (Å²) >= 11 is 1.53. The minimum absolute atomic E-state index is 0.221. The lowest BCUT2D eigenvalue weighted by molar-refractivity contribution is -0.145. The van der Waals surface area contributed by atoms with Gasteiger partial charge in [-0.25, -0.2) is 9.97 Å². The van der Waals surface area contributed by atoms with E-state index in [1.807, 2.05) is 34.1 Å². The van der Waals surface area contributed by atoms with E-state index in [0.717, 1.165) is 21.2 Å². The number of nitrogens with zero attached hydrogens (tertiary/aromatic N) is 3. The van der Waals surface area contributed by atoms with Crippen LogP contribution in [0.1, 0.15) is 22.0 Å². The number of alkyl halides is 3. The molecule has 152 valence electrons. The first kappa shape index (κ1) is 19.6. The van der Waals surface area contributed by atoms with Crippen molar-refractivity contribution in [1.82, 2.24) is 19.9 Å². The van der Waals surface area contributed by atoms with Crippen LogP contribution in [0.2, 0.25) is 0 Å². The Kier molecular flexibility index (Phi) is 5.13. The van der Waals surface area contributed by atoms with Gasteiger partial charge in [-0.15, -0.1) is 11.3 Å². The third kappa shape index (κ3) is 4.18. The van der Waals surface area contributed by atoms with Gasteiger partial charge in [0.05, 0.1) is 18.4 Å². The van der Waals surface area contributed by atoms with E-state index in [-0.39, 0.29) is 12.2 Å². The van der Waals surface area contributed by atoms with Crippen molar-refractivity contribution in [3.05, 3.63) is 62.8 Å². The van der Waals surface area contributed by atoms with Crippen molar-refractivity contribution in [3.63, 3.8) is 0 Å². The number of fused-ring (bicyclic) bond motifs is 1. The number of aromatic amines is 1. The Morgan fingerprint density at radius 1 is 1.34 bits per heavy atom. The Bertz CT molecular complexity index is 1090. The zero-order valence-electron chi connectivity index (χ0n) is 15.4. The second-order valence-electron chi connectivity index (χ2n) is 6.66. The minimum atomic E-state index is -4.66. The molecule has 1 N–H and O–H groups in total. The Labute approximate surface area is 168 Å². The number of benzene rings is 1. The van der Waals surface area contributed by atoms with Crippen molar-refractivity contribution in [3.8, 4) is 16.3 Å². The molecule has 0 saturated carbocycles. The Balaban J connectivity index is 1.50. The highest BCUT2D eigenvalue weighted by molar-refractivity contribution is 7.15. The second kappa shape index (κ2) is 7.60. The van der Waals surface area contributed by atoms with Gasteiger partial charge in [-0.1, -0.05) is 12.1 Å². The summed E-state index contributed by atoms with van der Waals surface area (Å²) in [7, 11) is 1.61. The van der Waals surface area contributed by atoms with Crippen LogP contribution in [0.15, 0.2) is 35.3 Å². The van der Waals surface area contributed by atoms with Gasteiger partial charge in [-0.2, -0.15) is 13.2 Å². The van der Waals surface area contributed by atoms with Crippen molar-refractivity contribution >= 4 is 11.3 Å². The van der Waals surface area contributed by atoms with Crippen LogP contribution in [0.5, 0.6) is 5.75 Å². The smallest absolute Gasteiger partial charge is 0.449 e. The highest BCUT2D eigenvalue weighted by atomic mass is 32.1. The van der Waals surface area contributed by atoms with Gasteiger partial charge in [0.25, 0.3) is 5.56 Å². The van der Waals surface area contributed by atoms with Crippen LogP contribution in [0, 0.1) is 0 Å². The quantitative estimate of drug-likeness (QED) is 0.697. The first-order chi connectivity index (χ1) is 13.8. The summed E-state index contributed by atoms with van der Waals surface area (Å²) in [5.41, 5.74) is 0.735. The Morgan fingerprint density at radius 2 is 2.17 bits per heavy atom. The first-order valence-electron chi connectivity index (χ1n) is 8.84. The highest BCUT2D eigenvalue weighted by Gasteiger charge is 2.36. The summed E-state index contributed by atoms with van der Waals surface area (Å²) in [6.07, 6.45) is -2.58. The van der Waals surface area contributed by atoms with Crippen LogP contribution in [-0.2, 0) is 25.7 Å². The minimum Gasteiger partial charge on any atom is -0.497 e. The van der Waals surface area contributed by atoms with Gasteiger partial charge in [0.1, 0.15) is 10.8 Å². The third-order valence-electron chi connectivity index (χ3n) is 4.67. The molecule has 3 aromatic rings. The summed E-state index contributed by atoms with van der Waals surface area (Å²) in [5.74, 6) is -0.489. The molecule has 0 bridgehead atoms. The number of methoxy groups -OCH3 is 1. The predicted molar refractivity (Wildman–Crippen MR) is 102 cm³/mol. The average Bonchev–Trinajstić information content (AvgIpc) is 3.16. The molecule has 29 heavy (non-hydrogen) atoms. The van der Waals surface area contributed by atoms with Crippen molar-refractivity contribution in [1.29, 1.82) is 0 Å². The molecule has 0 saturated heterocycles. The molecular formula is C19H17F3N4O2S. The molecule has 2 aromatic heterocycles. The lowest BCUT2D eigenvalue weighted by Crippen LogP contribution is -2.36. The lowest BCUT2D eigenvalue weighted by Gasteiger charge is -2.27. The summed E-state index contributed by atoms with van der Waals surface area (Å²) < 4.78 is 43.7. The van der Waals surface area contributed by atoms with E-state index in [0.29, 0.717) is 25.1 Å². The molecule has 0 spiro atoms. The predicted octanol–water partition coefficient (Wildman–Crippen LogP) is 3.48. The number of thiazole rings is 1. The van der Waals surface area contributed by atoms with E-state index in [9.17, 15) is 18.0 Å². The maximum absolute atomic E-state index is 12.8. The maximum Gasteiger partial charge on any atom is 0.449 e. The van der Waals surface area contributed by atoms with Gasteiger partial charge < -0.3 is 9.72 Å². The van der Waals surface area contributed by atoms with Gasteiger partial charge >= 0.3 is 6.18 Å². The number of aromatic nitrogens is 3. The van der Waals surface area contributed by atoms with Crippen molar-refractivity contribution in [2.24, 2.45) is 0 Å². The first-order valence-corrected chi connectivity index (χ1v) is 9.66. The zero-order chi connectivity index (χ0) is 20.6. The van der Waals surface area contributed by atoms with Gasteiger partial charge in [-0.05, 0) is 12.1 Å². The molecular weight excluding hydrogens is 405 g/mol. The molecule has 1 aliphatic heterocycles. The van der Waals surface area contributed by atoms with E-state index >= 15 is 0 Å². The van der Waals surface area contributed by atoms with E-state index in [1.165, 1.54) is 11.3 Å². The SMILES string of the molecule is COc1cccc(-c2ncc(CN3CCc4nc(C(F)(F)F)[nH]c(=O)c4C3)s2)c1. The van der Waals surface area contributed by atoms with Crippen LogP contribution < -0.4 is 10.3 Å². The molecule has 0 unspecified atom stereocenters. The van der Waals surface area contributed by atoms with E-state index < -0.39 is 17.6 Å². The topological polar surface area (TPSA) is 71.1 Å². The lowest BCUT2D eigenvalue weighted by atomic mass is 10.1. The molecule has 4 rings (SSSR count). The molecule has 1 aromatic carbocycles. The van der Waals surface area contributed by atoms with Crippen molar-refractivity contribution in [2.75, 3.05) is 13.7 Å². The van der Waals surface area contributed by atoms with Crippen LogP contribution in [0.3, 0.4) is 0 Å². The third-order valence-corrected chi connectivity index (χ3v) is 5.70. The van der Waals surface area contributed by atoms with Gasteiger partial charge in [0.15, 0.2) is 0 Å². The standard InChI is InChI=1S/C19H17F3N4O2S/c1-28-12-4-2-3-11(7-12)17-23-8-13(29-17)9-26-6-5-15-14(10-26)16(27)25-18(24-15)19(20,21)22/h2-4,7-8H,5-6,9-10H2,1H3,(H,24,25,27). The number of nitrogens with one attached hydrogen (secondary N) is 1. The van der Waals surface area contributed by atoms with E-state index in [1.54, 1.807) is 13.3 Å². The number of hydrogen-bond acceptors (Lipinski definition) is 6. The molecule has 0 radical (unpaired) electrons. The maximum atomic E-state index is 12.8. The molecule has 1 aliphatic rings. The number of ether oxygens (including phenoxy) is 1. The monoisotopic (exact) mass is 422 g/mol. The molecule has 3 heterocycles. The van der Waals surface area contributed by atoms with Gasteiger partial charge in [0.2, 0.25) is 5.82 Å². The number of rotatable bonds is 4. The van der Waals surface area contributed by atoms with Crippen LogP contribution >= 0.6 is 11.3 Å². The zero-order valence-corrected chi connectivity index (χ0v) is 16.2. The summed E-state index contributed by atoms with van der Waals surface area (Å²) in [6.45, 7) is 1.33. The second-order valence-corrected chi connectivity index (χ2v) is 7.78. The fourth-order valence-electron chi connectivity index (χ4n) is 3.24. The highest BCUT2D eigenvalue weighted by Crippen LogP contribution is 2.30. The van der Waals surface area contributed by atoms with Crippen LogP contribution in [-0.4, -0.2) is 33.5 Å². The van der Waals surface area contributed by atoms with E-state index in [2.05, 4.69) is 9.97 Å². The Morgan fingerprint density at radius 3 is 2.93 bits per heavy atom. The Hall–Kier alpha value is -2.72. The molecule has 0 fully saturated rings. The van der Waals surface area contributed by atoms with Crippen LogP contribution in [0.25, 0.3) is 10.6 Å². The largest absolute Gasteiger partial charge is 0.497 e. The summed E-state index contributed by atoms with van der Waals surface area (Å²) in [4.78, 5) is 25.1.